The van der Waals surface area contributed by atoms with Crippen LogP contribution in [0, 0.1) is 0 Å². The van der Waals surface area contributed by atoms with Crippen LogP contribution in [0.15, 0.2) is 249 Å². The second-order valence-corrected chi connectivity index (χ2v) is 19.4. The van der Waals surface area contributed by atoms with E-state index >= 15 is 0 Å². The van der Waals surface area contributed by atoms with Gasteiger partial charge >= 0.3 is 0 Å². The molecule has 0 bridgehead atoms. The van der Waals surface area contributed by atoms with Gasteiger partial charge in [-0.25, -0.2) is 0 Å². The molecule has 3 aliphatic carbocycles. The monoisotopic (exact) mass is 871 g/mol. The van der Waals surface area contributed by atoms with Crippen molar-refractivity contribution in [3.63, 3.8) is 0 Å². The molecular weight excluding hydrogens is 831 g/mol. The van der Waals surface area contributed by atoms with Crippen molar-refractivity contribution in [1.29, 1.82) is 0 Å². The van der Waals surface area contributed by atoms with E-state index in [4.69, 9.17) is 0 Å². The van der Waals surface area contributed by atoms with Crippen molar-refractivity contribution in [2.24, 2.45) is 0 Å². The second-order valence-electron chi connectivity index (χ2n) is 19.4. The average Bonchev–Trinajstić information content (AvgIpc) is 4.02. The lowest BCUT2D eigenvalue weighted by molar-refractivity contribution is 0.633. The first-order valence-electron chi connectivity index (χ1n) is 24.2. The zero-order valence-electron chi connectivity index (χ0n) is 37.6. The summed E-state index contributed by atoms with van der Waals surface area (Å²) in [6.45, 7) is 0. The Balaban J connectivity index is 1.06. The van der Waals surface area contributed by atoms with E-state index in [1.54, 1.807) is 0 Å². The Morgan fingerprint density at radius 1 is 0.246 bits per heavy atom. The van der Waals surface area contributed by atoms with Crippen molar-refractivity contribution in [3.8, 4) is 39.1 Å². The molecule has 318 valence electrons. The van der Waals surface area contributed by atoms with Gasteiger partial charge in [0.1, 0.15) is 0 Å². The zero-order valence-corrected chi connectivity index (χ0v) is 37.6. The van der Waals surface area contributed by atoms with Crippen molar-refractivity contribution in [3.05, 3.63) is 293 Å². The van der Waals surface area contributed by atoms with Gasteiger partial charge in [-0.1, -0.05) is 218 Å². The second kappa shape index (κ2) is 13.4. The summed E-state index contributed by atoms with van der Waals surface area (Å²) in [5, 5.41) is 9.95. The lowest BCUT2D eigenvalue weighted by atomic mass is 9.52. The highest BCUT2D eigenvalue weighted by molar-refractivity contribution is 6.20. The Labute approximate surface area is 399 Å². The lowest BCUT2D eigenvalue weighted by Crippen LogP contribution is -2.43. The van der Waals surface area contributed by atoms with Crippen LogP contribution in [0.1, 0.15) is 44.5 Å². The van der Waals surface area contributed by atoms with E-state index in [-0.39, 0.29) is 0 Å². The number of nitrogens with zero attached hydrogens (tertiary/aromatic N) is 1. The van der Waals surface area contributed by atoms with E-state index in [1.165, 1.54) is 132 Å². The Hall–Kier alpha value is -8.78. The highest BCUT2D eigenvalue weighted by Crippen LogP contribution is 2.67. The van der Waals surface area contributed by atoms with Gasteiger partial charge in [0.2, 0.25) is 0 Å². The van der Waals surface area contributed by atoms with Gasteiger partial charge in [0.25, 0.3) is 0 Å². The Morgan fingerprint density at radius 2 is 0.725 bits per heavy atom. The molecule has 12 aromatic carbocycles. The normalized spacial score (nSPS) is 14.3. The molecule has 13 aromatic rings. The van der Waals surface area contributed by atoms with E-state index in [0.717, 1.165) is 5.69 Å². The molecule has 16 rings (SSSR count). The van der Waals surface area contributed by atoms with Gasteiger partial charge in [-0.15, -0.1) is 0 Å². The highest BCUT2D eigenvalue weighted by atomic mass is 15.0. The van der Waals surface area contributed by atoms with E-state index in [0.29, 0.717) is 0 Å². The molecule has 2 spiro atoms. The molecule has 0 aliphatic heterocycles. The van der Waals surface area contributed by atoms with E-state index in [9.17, 15) is 0 Å². The molecule has 0 saturated carbocycles. The maximum atomic E-state index is 2.60. The first kappa shape index (κ1) is 37.3. The first-order valence-corrected chi connectivity index (χ1v) is 24.2. The SMILES string of the molecule is c1ccc2c(c1)-c1ccccc1C21c2ccccc2C2(c3ccccc3-c3cc4c5ccc6ccccc6c5n(-c5cc(-c6ccc7ccccc7c6)c6ccccc6c5)c4cc32)c2ccccc21. The van der Waals surface area contributed by atoms with Gasteiger partial charge < -0.3 is 4.57 Å². The molecule has 0 atom stereocenters. The minimum Gasteiger partial charge on any atom is -0.309 e. The van der Waals surface area contributed by atoms with Crippen molar-refractivity contribution < 1.29 is 0 Å². The summed E-state index contributed by atoms with van der Waals surface area (Å²) in [6, 6.07) is 94.7. The third-order valence-electron chi connectivity index (χ3n) is 16.4. The quantitative estimate of drug-likeness (QED) is 0.163. The predicted octanol–water partition coefficient (Wildman–Crippen LogP) is 16.9. The van der Waals surface area contributed by atoms with Crippen LogP contribution in [0.3, 0.4) is 0 Å². The molecule has 0 N–H and O–H groups in total. The molecular formula is C68H41N. The van der Waals surface area contributed by atoms with E-state index in [2.05, 4.69) is 253 Å². The van der Waals surface area contributed by atoms with Crippen molar-refractivity contribution >= 4 is 54.1 Å². The van der Waals surface area contributed by atoms with Crippen LogP contribution in [-0.4, -0.2) is 4.57 Å². The molecule has 1 aromatic heterocycles. The summed E-state index contributed by atoms with van der Waals surface area (Å²) in [5.41, 5.74) is 20.9. The zero-order chi connectivity index (χ0) is 45.0. The molecule has 0 saturated heterocycles. The molecule has 0 radical (unpaired) electrons. The van der Waals surface area contributed by atoms with E-state index < -0.39 is 10.8 Å². The van der Waals surface area contributed by atoms with Crippen LogP contribution in [-0.2, 0) is 10.8 Å². The Morgan fingerprint density at radius 3 is 1.36 bits per heavy atom. The summed E-state index contributed by atoms with van der Waals surface area (Å²) in [4.78, 5) is 0. The fourth-order valence-electron chi connectivity index (χ4n) is 13.8. The maximum Gasteiger partial charge on any atom is 0.0720 e. The first-order chi connectivity index (χ1) is 34.2. The van der Waals surface area contributed by atoms with Gasteiger partial charge in [0, 0.05) is 21.8 Å². The van der Waals surface area contributed by atoms with Crippen LogP contribution < -0.4 is 0 Å². The van der Waals surface area contributed by atoms with Gasteiger partial charge in [0.15, 0.2) is 0 Å². The fraction of sp³-hybridized carbons (Fsp3) is 0.0294. The van der Waals surface area contributed by atoms with Gasteiger partial charge in [-0.3, -0.25) is 0 Å². The van der Waals surface area contributed by atoms with Gasteiger partial charge in [-0.2, -0.15) is 0 Å². The topological polar surface area (TPSA) is 4.93 Å². The largest absolute Gasteiger partial charge is 0.309 e. The Bertz CT molecular complexity index is 4290. The van der Waals surface area contributed by atoms with Crippen molar-refractivity contribution in [2.75, 3.05) is 0 Å². The van der Waals surface area contributed by atoms with E-state index in [1.807, 2.05) is 0 Å². The molecule has 1 nitrogen and oxygen atoms in total. The standard InChI is InChI=1S/C68H41N/c1-2-19-44-37-46(34-33-42(44)17-1)54-39-47(38-45-20-4-5-21-48(45)54)69-65-41-64-55(40-56(65)53-36-35-43-18-3-6-22-49(43)66(53)69)52-25-9-12-28-59(52)68(64)62-31-15-13-29-60(62)67(61-30-14-16-32-63(61)68)57-26-10-7-23-50(57)51-24-8-11-27-58(51)67/h1-41H. The summed E-state index contributed by atoms with van der Waals surface area (Å²) < 4.78 is 2.60. The number of benzene rings is 12. The van der Waals surface area contributed by atoms with Crippen LogP contribution >= 0.6 is 0 Å². The Kier molecular flexibility index (Phi) is 7.27. The summed E-state index contributed by atoms with van der Waals surface area (Å²) in [7, 11) is 0. The van der Waals surface area contributed by atoms with Crippen LogP contribution in [0.25, 0.3) is 93.2 Å². The minimum absolute atomic E-state index is 0.495. The molecule has 0 unspecified atom stereocenters. The molecule has 1 heterocycles. The number of aromatic nitrogens is 1. The van der Waals surface area contributed by atoms with Gasteiger partial charge in [0.05, 0.1) is 21.9 Å². The minimum atomic E-state index is -0.603. The maximum absolute atomic E-state index is 2.60. The predicted molar refractivity (Wildman–Crippen MR) is 287 cm³/mol. The van der Waals surface area contributed by atoms with Crippen molar-refractivity contribution in [2.45, 2.75) is 10.8 Å². The fourth-order valence-corrected chi connectivity index (χ4v) is 13.8. The van der Waals surface area contributed by atoms with Gasteiger partial charge in [-0.05, 0) is 135 Å². The van der Waals surface area contributed by atoms with Crippen molar-refractivity contribution in [1.82, 2.24) is 4.57 Å². The molecule has 69 heavy (non-hydrogen) atoms. The number of fused-ring (bicyclic) bond motifs is 23. The molecule has 0 fully saturated rings. The lowest BCUT2D eigenvalue weighted by Gasteiger charge is -2.48. The molecule has 3 aliphatic rings. The highest BCUT2D eigenvalue weighted by Gasteiger charge is 2.59. The average molecular weight is 872 g/mol. The number of hydrogen-bond donors (Lipinski definition) is 0. The molecule has 0 amide bonds. The van der Waals surface area contributed by atoms with Crippen LogP contribution in [0.5, 0.6) is 0 Å². The molecule has 1 heteroatoms. The van der Waals surface area contributed by atoms with Crippen LogP contribution in [0.4, 0.5) is 0 Å². The number of hydrogen-bond acceptors (Lipinski definition) is 0. The number of rotatable bonds is 2. The summed E-state index contributed by atoms with van der Waals surface area (Å²) in [5.74, 6) is 0. The summed E-state index contributed by atoms with van der Waals surface area (Å²) >= 11 is 0. The smallest absolute Gasteiger partial charge is 0.0720 e. The third-order valence-corrected chi connectivity index (χ3v) is 16.4. The third kappa shape index (κ3) is 4.60. The van der Waals surface area contributed by atoms with Crippen LogP contribution in [0.2, 0.25) is 0 Å². The summed E-state index contributed by atoms with van der Waals surface area (Å²) in [6.07, 6.45) is 0.